The Kier molecular flexibility index (Phi) is 7.39. The monoisotopic (exact) mass is 269 g/mol. The molecule has 1 fully saturated rings. The van der Waals surface area contributed by atoms with Crippen LogP contribution in [0.5, 0.6) is 0 Å². The van der Waals surface area contributed by atoms with Crippen molar-refractivity contribution in [1.82, 2.24) is 15.1 Å². The van der Waals surface area contributed by atoms with Gasteiger partial charge in [-0.2, -0.15) is 0 Å². The lowest BCUT2D eigenvalue weighted by Gasteiger charge is -2.34. The molecule has 1 aliphatic rings. The molecule has 1 saturated heterocycles. The number of carbonyl (C=O) groups excluding carboxylic acids is 1. The Morgan fingerprint density at radius 1 is 1.26 bits per heavy atom. The van der Waals surface area contributed by atoms with Crippen molar-refractivity contribution in [2.45, 2.75) is 46.6 Å². The van der Waals surface area contributed by atoms with Crippen LogP contribution in [0.2, 0.25) is 0 Å². The number of nitrogens with zero attached hydrogens (tertiary/aromatic N) is 2. The molecule has 1 amide bonds. The lowest BCUT2D eigenvalue weighted by molar-refractivity contribution is -0.130. The van der Waals surface area contributed by atoms with Crippen LogP contribution in [0.25, 0.3) is 0 Å². The fourth-order valence-electron chi connectivity index (χ4n) is 2.87. The maximum atomic E-state index is 11.9. The minimum atomic E-state index is 0.225. The molecule has 1 atom stereocenters. The number of likely N-dealkylation sites (tertiary alicyclic amines) is 1. The molecule has 19 heavy (non-hydrogen) atoms. The SMILES string of the molecule is CCN1CCC(C(C)NCC(=O)N(CC)CC)CC1. The third-order valence-electron chi connectivity index (χ3n) is 4.48. The lowest BCUT2D eigenvalue weighted by Crippen LogP contribution is -2.45. The molecule has 1 unspecified atom stereocenters. The van der Waals surface area contributed by atoms with Gasteiger partial charge in [-0.3, -0.25) is 4.79 Å². The van der Waals surface area contributed by atoms with E-state index in [0.29, 0.717) is 18.5 Å². The van der Waals surface area contributed by atoms with Gasteiger partial charge in [-0.25, -0.2) is 0 Å². The van der Waals surface area contributed by atoms with Crippen LogP contribution in [0.15, 0.2) is 0 Å². The summed E-state index contributed by atoms with van der Waals surface area (Å²) in [5.41, 5.74) is 0. The van der Waals surface area contributed by atoms with Gasteiger partial charge in [0.15, 0.2) is 0 Å². The van der Waals surface area contributed by atoms with Gasteiger partial charge in [-0.15, -0.1) is 0 Å². The lowest BCUT2D eigenvalue weighted by atomic mass is 9.90. The molecule has 0 aromatic carbocycles. The standard InChI is InChI=1S/C15H31N3O/c1-5-17-10-8-14(9-11-17)13(4)16-12-15(19)18(6-2)7-3/h13-14,16H,5-12H2,1-4H3. The van der Waals surface area contributed by atoms with E-state index in [1.807, 2.05) is 18.7 Å². The summed E-state index contributed by atoms with van der Waals surface area (Å²) in [5, 5.41) is 3.42. The molecule has 0 saturated carbocycles. The fourth-order valence-corrected chi connectivity index (χ4v) is 2.87. The van der Waals surface area contributed by atoms with Crippen LogP contribution in [-0.4, -0.2) is 61.0 Å². The third-order valence-corrected chi connectivity index (χ3v) is 4.48. The molecule has 0 spiro atoms. The largest absolute Gasteiger partial charge is 0.342 e. The van der Waals surface area contributed by atoms with E-state index in [1.54, 1.807) is 0 Å². The van der Waals surface area contributed by atoms with Crippen LogP contribution in [0.1, 0.15) is 40.5 Å². The highest BCUT2D eigenvalue weighted by Gasteiger charge is 2.23. The van der Waals surface area contributed by atoms with Crippen LogP contribution in [0, 0.1) is 5.92 Å². The molecule has 1 rings (SSSR count). The zero-order valence-corrected chi connectivity index (χ0v) is 13.1. The van der Waals surface area contributed by atoms with Crippen molar-refractivity contribution >= 4 is 5.91 Å². The van der Waals surface area contributed by atoms with Gasteiger partial charge in [-0.1, -0.05) is 6.92 Å². The van der Waals surface area contributed by atoms with Gasteiger partial charge in [0.05, 0.1) is 6.54 Å². The second-order valence-corrected chi connectivity index (χ2v) is 5.51. The van der Waals surface area contributed by atoms with Crippen molar-refractivity contribution in [3.05, 3.63) is 0 Å². The van der Waals surface area contributed by atoms with Gasteiger partial charge in [-0.05, 0) is 59.2 Å². The number of likely N-dealkylation sites (N-methyl/N-ethyl adjacent to an activating group) is 1. The molecule has 1 heterocycles. The molecule has 0 radical (unpaired) electrons. The molecule has 4 heteroatoms. The summed E-state index contributed by atoms with van der Waals surface area (Å²) in [6.07, 6.45) is 2.50. The first-order valence-electron chi connectivity index (χ1n) is 7.85. The van der Waals surface area contributed by atoms with Crippen molar-refractivity contribution in [2.24, 2.45) is 5.92 Å². The molecule has 0 bridgehead atoms. The van der Waals surface area contributed by atoms with Gasteiger partial charge in [0.25, 0.3) is 0 Å². The van der Waals surface area contributed by atoms with E-state index >= 15 is 0 Å². The average molecular weight is 269 g/mol. The first-order chi connectivity index (χ1) is 9.12. The Bertz CT molecular complexity index is 258. The normalized spacial score (nSPS) is 19.4. The maximum Gasteiger partial charge on any atom is 0.236 e. The van der Waals surface area contributed by atoms with Crippen molar-refractivity contribution in [2.75, 3.05) is 39.3 Å². The molecule has 112 valence electrons. The van der Waals surface area contributed by atoms with E-state index in [2.05, 4.69) is 24.1 Å². The molecular weight excluding hydrogens is 238 g/mol. The summed E-state index contributed by atoms with van der Waals surface area (Å²) in [6, 6.07) is 0.443. The molecule has 1 aliphatic heterocycles. The second kappa shape index (κ2) is 8.54. The smallest absolute Gasteiger partial charge is 0.236 e. The summed E-state index contributed by atoms with van der Waals surface area (Å²) in [6.45, 7) is 14.2. The number of amides is 1. The number of piperidine rings is 1. The maximum absolute atomic E-state index is 11.9. The van der Waals surface area contributed by atoms with Crippen LogP contribution < -0.4 is 5.32 Å². The zero-order valence-electron chi connectivity index (χ0n) is 13.1. The number of nitrogens with one attached hydrogen (secondary N) is 1. The average Bonchev–Trinajstić information content (AvgIpc) is 2.46. The van der Waals surface area contributed by atoms with Gasteiger partial charge in [0.1, 0.15) is 0 Å². The first kappa shape index (κ1) is 16.4. The zero-order chi connectivity index (χ0) is 14.3. The molecule has 4 nitrogen and oxygen atoms in total. The van der Waals surface area contributed by atoms with E-state index in [9.17, 15) is 4.79 Å². The highest BCUT2D eigenvalue weighted by Crippen LogP contribution is 2.20. The van der Waals surface area contributed by atoms with Crippen LogP contribution in [0.4, 0.5) is 0 Å². The topological polar surface area (TPSA) is 35.6 Å². The second-order valence-electron chi connectivity index (χ2n) is 5.51. The van der Waals surface area contributed by atoms with Crippen molar-refractivity contribution in [3.8, 4) is 0 Å². The van der Waals surface area contributed by atoms with Crippen LogP contribution in [-0.2, 0) is 4.79 Å². The van der Waals surface area contributed by atoms with Crippen molar-refractivity contribution in [1.29, 1.82) is 0 Å². The first-order valence-corrected chi connectivity index (χ1v) is 7.85. The summed E-state index contributed by atoms with van der Waals surface area (Å²) in [7, 11) is 0. The number of rotatable bonds is 7. The molecule has 0 aromatic heterocycles. The van der Waals surface area contributed by atoms with E-state index in [4.69, 9.17) is 0 Å². The summed E-state index contributed by atoms with van der Waals surface area (Å²) < 4.78 is 0. The molecule has 0 aromatic rings. The van der Waals surface area contributed by atoms with E-state index in [0.717, 1.165) is 19.6 Å². The summed E-state index contributed by atoms with van der Waals surface area (Å²) >= 11 is 0. The number of hydrogen-bond donors (Lipinski definition) is 1. The number of hydrogen-bond acceptors (Lipinski definition) is 3. The number of carbonyl (C=O) groups is 1. The fraction of sp³-hybridized carbons (Fsp3) is 0.933. The molecule has 0 aliphatic carbocycles. The highest BCUT2D eigenvalue weighted by atomic mass is 16.2. The van der Waals surface area contributed by atoms with E-state index < -0.39 is 0 Å². The van der Waals surface area contributed by atoms with Crippen molar-refractivity contribution in [3.63, 3.8) is 0 Å². The van der Waals surface area contributed by atoms with Gasteiger partial charge < -0.3 is 15.1 Å². The Balaban J connectivity index is 2.28. The molecule has 1 N–H and O–H groups in total. The minimum Gasteiger partial charge on any atom is -0.342 e. The predicted molar refractivity (Wildman–Crippen MR) is 80.2 cm³/mol. The Labute approximate surface area is 118 Å². The van der Waals surface area contributed by atoms with Gasteiger partial charge in [0, 0.05) is 19.1 Å². The summed E-state index contributed by atoms with van der Waals surface area (Å²) in [4.78, 5) is 16.3. The van der Waals surface area contributed by atoms with E-state index in [-0.39, 0.29) is 5.91 Å². The van der Waals surface area contributed by atoms with Crippen molar-refractivity contribution < 1.29 is 4.79 Å². The quantitative estimate of drug-likeness (QED) is 0.762. The third kappa shape index (κ3) is 5.11. The highest BCUT2D eigenvalue weighted by molar-refractivity contribution is 5.78. The Hall–Kier alpha value is -0.610. The van der Waals surface area contributed by atoms with Gasteiger partial charge in [0.2, 0.25) is 5.91 Å². The molecular formula is C15H31N3O. The predicted octanol–water partition coefficient (Wildman–Crippen LogP) is 1.56. The van der Waals surface area contributed by atoms with Crippen LogP contribution >= 0.6 is 0 Å². The van der Waals surface area contributed by atoms with Crippen LogP contribution in [0.3, 0.4) is 0 Å². The Morgan fingerprint density at radius 2 is 1.84 bits per heavy atom. The Morgan fingerprint density at radius 3 is 2.32 bits per heavy atom. The van der Waals surface area contributed by atoms with E-state index in [1.165, 1.54) is 25.9 Å². The minimum absolute atomic E-state index is 0.225. The summed E-state index contributed by atoms with van der Waals surface area (Å²) in [5.74, 6) is 0.940. The van der Waals surface area contributed by atoms with Gasteiger partial charge >= 0.3 is 0 Å².